The third-order valence-electron chi connectivity index (χ3n) is 3.83. The van der Waals surface area contributed by atoms with Gasteiger partial charge in [0.15, 0.2) is 0 Å². The molecule has 26 heavy (non-hydrogen) atoms. The molecule has 0 amide bonds. The van der Waals surface area contributed by atoms with Crippen molar-refractivity contribution >= 4 is 22.9 Å². The lowest BCUT2D eigenvalue weighted by Gasteiger charge is -2.10. The topological polar surface area (TPSA) is 77.6 Å². The molecule has 7 nitrogen and oxygen atoms in total. The van der Waals surface area contributed by atoms with E-state index in [0.29, 0.717) is 28.9 Å². The Kier molecular flexibility index (Phi) is 4.88. The Hall–Kier alpha value is -3.35. The van der Waals surface area contributed by atoms with Crippen molar-refractivity contribution in [2.45, 2.75) is 6.54 Å². The van der Waals surface area contributed by atoms with E-state index >= 15 is 0 Å². The van der Waals surface area contributed by atoms with Gasteiger partial charge in [-0.25, -0.2) is 9.78 Å². The van der Waals surface area contributed by atoms with E-state index in [1.807, 2.05) is 19.0 Å². The number of carbonyl (C=O) groups excluding carboxylic acids is 1. The maximum atomic E-state index is 12.8. The van der Waals surface area contributed by atoms with Crippen LogP contribution >= 0.6 is 0 Å². The summed E-state index contributed by atoms with van der Waals surface area (Å²) in [4.78, 5) is 31.2. The fraction of sp³-hybridized carbons (Fsp3) is 0.211. The van der Waals surface area contributed by atoms with Crippen LogP contribution in [0.5, 0.6) is 0 Å². The molecule has 0 spiro atoms. The van der Waals surface area contributed by atoms with Crippen LogP contribution in [-0.2, 0) is 11.3 Å². The fourth-order valence-electron chi connectivity index (χ4n) is 2.54. The number of hydrogen-bond acceptors (Lipinski definition) is 6. The molecule has 0 aliphatic heterocycles. The predicted octanol–water partition coefficient (Wildman–Crippen LogP) is 2.36. The first-order valence-corrected chi connectivity index (χ1v) is 7.99. The zero-order valence-electron chi connectivity index (χ0n) is 14.8. The zero-order chi connectivity index (χ0) is 18.7. The third kappa shape index (κ3) is 3.51. The van der Waals surface area contributed by atoms with E-state index in [2.05, 4.69) is 4.98 Å². The van der Waals surface area contributed by atoms with Gasteiger partial charge in [-0.05, 0) is 30.3 Å². The molecule has 3 aromatic rings. The number of furan rings is 1. The molecular formula is C19H19N3O4. The summed E-state index contributed by atoms with van der Waals surface area (Å²) < 4.78 is 11.6. The molecule has 3 rings (SSSR count). The van der Waals surface area contributed by atoms with Crippen molar-refractivity contribution < 1.29 is 13.9 Å². The van der Waals surface area contributed by atoms with Crippen LogP contribution < -0.4 is 5.56 Å². The van der Waals surface area contributed by atoms with E-state index in [9.17, 15) is 9.59 Å². The normalized spacial score (nSPS) is 11.2. The summed E-state index contributed by atoms with van der Waals surface area (Å²) in [5.41, 5.74) is 0.948. The van der Waals surface area contributed by atoms with Crippen molar-refractivity contribution in [3.8, 4) is 0 Å². The maximum absolute atomic E-state index is 12.8. The molecule has 0 unspecified atom stereocenters. The number of fused-ring (bicyclic) bond motifs is 1. The average Bonchev–Trinajstić information content (AvgIpc) is 3.14. The smallest absolute Gasteiger partial charge is 0.340 e. The minimum Gasteiger partial charge on any atom is -0.467 e. The van der Waals surface area contributed by atoms with E-state index in [-0.39, 0.29) is 11.1 Å². The molecule has 0 N–H and O–H groups in total. The molecule has 0 bridgehead atoms. The fourth-order valence-corrected chi connectivity index (χ4v) is 2.54. The second-order valence-corrected chi connectivity index (χ2v) is 5.95. The summed E-state index contributed by atoms with van der Waals surface area (Å²) in [7, 11) is 5.03. The van der Waals surface area contributed by atoms with Crippen molar-refractivity contribution in [1.82, 2.24) is 14.5 Å². The number of esters is 1. The lowest BCUT2D eigenvalue weighted by Crippen LogP contribution is -2.21. The number of rotatable bonds is 5. The molecule has 0 fully saturated rings. The SMILES string of the molecule is COC(=O)c1cc2c(=O)n(Cc3ccco3)ccc2nc1C=CN(C)C. The molecule has 0 saturated heterocycles. The van der Waals surface area contributed by atoms with Gasteiger partial charge in [0, 0.05) is 26.5 Å². The van der Waals surface area contributed by atoms with Crippen molar-refractivity contribution in [2.24, 2.45) is 0 Å². The van der Waals surface area contributed by atoms with Crippen LogP contribution in [0.3, 0.4) is 0 Å². The number of hydrogen-bond donors (Lipinski definition) is 0. The third-order valence-corrected chi connectivity index (χ3v) is 3.83. The van der Waals surface area contributed by atoms with Crippen LogP contribution in [0.15, 0.2) is 52.1 Å². The molecule has 0 aliphatic rings. The van der Waals surface area contributed by atoms with Crippen LogP contribution in [0.4, 0.5) is 0 Å². The van der Waals surface area contributed by atoms with Crippen molar-refractivity contribution in [3.63, 3.8) is 0 Å². The molecule has 0 atom stereocenters. The van der Waals surface area contributed by atoms with E-state index < -0.39 is 5.97 Å². The van der Waals surface area contributed by atoms with Crippen LogP contribution in [0, 0.1) is 0 Å². The summed E-state index contributed by atoms with van der Waals surface area (Å²) in [6.45, 7) is 0.303. The largest absolute Gasteiger partial charge is 0.467 e. The lowest BCUT2D eigenvalue weighted by molar-refractivity contribution is 0.0600. The van der Waals surface area contributed by atoms with Crippen LogP contribution in [0.25, 0.3) is 17.0 Å². The number of aromatic nitrogens is 2. The highest BCUT2D eigenvalue weighted by molar-refractivity contribution is 5.97. The molecule has 3 aromatic heterocycles. The summed E-state index contributed by atoms with van der Waals surface area (Å²) in [5, 5.41) is 0.349. The number of ether oxygens (including phenoxy) is 1. The number of methoxy groups -OCH3 is 1. The highest BCUT2D eigenvalue weighted by Gasteiger charge is 2.16. The predicted molar refractivity (Wildman–Crippen MR) is 97.9 cm³/mol. The molecule has 0 aliphatic carbocycles. The monoisotopic (exact) mass is 353 g/mol. The Bertz CT molecular complexity index is 1020. The van der Waals surface area contributed by atoms with Crippen LogP contribution in [-0.4, -0.2) is 41.6 Å². The Morgan fingerprint density at radius 3 is 2.85 bits per heavy atom. The van der Waals surface area contributed by atoms with Gasteiger partial charge in [-0.1, -0.05) is 0 Å². The van der Waals surface area contributed by atoms with E-state index in [0.717, 1.165) is 0 Å². The Morgan fingerprint density at radius 1 is 1.38 bits per heavy atom. The van der Waals surface area contributed by atoms with Gasteiger partial charge >= 0.3 is 5.97 Å². The summed E-state index contributed by atoms with van der Waals surface area (Å²) in [5.74, 6) is 0.122. The minimum atomic E-state index is -0.543. The Morgan fingerprint density at radius 2 is 2.19 bits per heavy atom. The van der Waals surface area contributed by atoms with E-state index in [4.69, 9.17) is 9.15 Å². The first-order valence-electron chi connectivity index (χ1n) is 7.99. The molecule has 7 heteroatoms. The zero-order valence-corrected chi connectivity index (χ0v) is 14.8. The van der Waals surface area contributed by atoms with Crippen molar-refractivity contribution in [2.75, 3.05) is 21.2 Å². The Balaban J connectivity index is 2.14. The molecular weight excluding hydrogens is 334 g/mol. The maximum Gasteiger partial charge on any atom is 0.340 e. The van der Waals surface area contributed by atoms with Gasteiger partial charge in [-0.3, -0.25) is 4.79 Å². The highest BCUT2D eigenvalue weighted by atomic mass is 16.5. The minimum absolute atomic E-state index is 0.242. The first kappa shape index (κ1) is 17.5. The molecule has 0 saturated carbocycles. The van der Waals surface area contributed by atoms with Gasteiger partial charge in [-0.2, -0.15) is 0 Å². The quantitative estimate of drug-likeness (QED) is 0.655. The molecule has 3 heterocycles. The Labute approximate surface area is 150 Å². The number of pyridine rings is 2. The van der Waals surface area contributed by atoms with Gasteiger partial charge in [0.25, 0.3) is 5.56 Å². The van der Waals surface area contributed by atoms with Gasteiger partial charge in [-0.15, -0.1) is 0 Å². The highest BCUT2D eigenvalue weighted by Crippen LogP contribution is 2.17. The van der Waals surface area contributed by atoms with Crippen LogP contribution in [0.2, 0.25) is 0 Å². The van der Waals surface area contributed by atoms with Gasteiger partial charge < -0.3 is 18.6 Å². The number of carbonyl (C=O) groups is 1. The second kappa shape index (κ2) is 7.26. The van der Waals surface area contributed by atoms with Crippen molar-refractivity contribution in [1.29, 1.82) is 0 Å². The second-order valence-electron chi connectivity index (χ2n) is 5.95. The first-order chi connectivity index (χ1) is 12.5. The van der Waals surface area contributed by atoms with Gasteiger partial charge in [0.2, 0.25) is 0 Å². The lowest BCUT2D eigenvalue weighted by atomic mass is 10.1. The van der Waals surface area contributed by atoms with Crippen LogP contribution in [0.1, 0.15) is 21.8 Å². The summed E-state index contributed by atoms with van der Waals surface area (Å²) in [6, 6.07) is 6.84. The standard InChI is InChI=1S/C19H19N3O4/c1-21(2)8-6-17-15(19(24)25-3)11-14-16(20-17)7-9-22(18(14)23)12-13-5-4-10-26-13/h4-11H,12H2,1-3H3. The van der Waals surface area contributed by atoms with Crippen molar-refractivity contribution in [3.05, 3.63) is 70.3 Å². The number of nitrogens with zero attached hydrogens (tertiary/aromatic N) is 3. The molecule has 134 valence electrons. The average molecular weight is 353 g/mol. The molecule has 0 aromatic carbocycles. The van der Waals surface area contributed by atoms with Gasteiger partial charge in [0.1, 0.15) is 5.76 Å². The van der Waals surface area contributed by atoms with E-state index in [1.54, 1.807) is 42.9 Å². The van der Waals surface area contributed by atoms with E-state index in [1.165, 1.54) is 17.7 Å². The summed E-state index contributed by atoms with van der Waals surface area (Å²) >= 11 is 0. The van der Waals surface area contributed by atoms with Gasteiger partial charge in [0.05, 0.1) is 42.1 Å². The summed E-state index contributed by atoms with van der Waals surface area (Å²) in [6.07, 6.45) is 6.71. The molecule has 0 radical (unpaired) electrons.